The zero-order valence-electron chi connectivity index (χ0n) is 11.6. The number of nitrogens with zero attached hydrogens (tertiary/aromatic N) is 2. The van der Waals surface area contributed by atoms with Gasteiger partial charge in [-0.3, -0.25) is 5.10 Å². The van der Waals surface area contributed by atoms with Gasteiger partial charge in [0, 0.05) is 35.4 Å². The molecule has 1 aromatic carbocycles. The average molecular weight is 291 g/mol. The first-order valence-electron chi connectivity index (χ1n) is 6.96. The lowest BCUT2D eigenvalue weighted by Gasteiger charge is -2.31. The topological polar surface area (TPSA) is 57.9 Å². The highest BCUT2D eigenvalue weighted by Crippen LogP contribution is 2.33. The number of rotatable bonds is 2. The van der Waals surface area contributed by atoms with Crippen molar-refractivity contribution in [2.24, 2.45) is 5.73 Å². The maximum absolute atomic E-state index is 6.08. The van der Waals surface area contributed by atoms with Crippen LogP contribution >= 0.6 is 11.6 Å². The number of hydrogen-bond acceptors (Lipinski definition) is 3. The number of hydrogen-bond donors (Lipinski definition) is 2. The monoisotopic (exact) mass is 290 g/mol. The van der Waals surface area contributed by atoms with Gasteiger partial charge in [0.1, 0.15) is 0 Å². The predicted molar refractivity (Wildman–Crippen MR) is 83.2 cm³/mol. The summed E-state index contributed by atoms with van der Waals surface area (Å²) in [5.41, 5.74) is 9.43. The lowest BCUT2D eigenvalue weighted by Crippen LogP contribution is -2.43. The first-order valence-corrected chi connectivity index (χ1v) is 7.34. The Labute approximate surface area is 123 Å². The third-order valence-corrected chi connectivity index (χ3v) is 4.07. The van der Waals surface area contributed by atoms with Gasteiger partial charge in [-0.15, -0.1) is 0 Å². The number of aryl methyl sites for hydroxylation is 1. The van der Waals surface area contributed by atoms with Crippen LogP contribution in [-0.2, 0) is 0 Å². The molecule has 0 bridgehead atoms. The second kappa shape index (κ2) is 5.46. The molecule has 3 rings (SSSR count). The van der Waals surface area contributed by atoms with Crippen LogP contribution in [0.3, 0.4) is 0 Å². The molecule has 1 saturated heterocycles. The molecule has 1 atom stereocenters. The van der Waals surface area contributed by atoms with Crippen LogP contribution in [0.2, 0.25) is 5.02 Å². The van der Waals surface area contributed by atoms with Gasteiger partial charge >= 0.3 is 0 Å². The molecule has 0 saturated carbocycles. The molecule has 1 unspecified atom stereocenters. The lowest BCUT2D eigenvalue weighted by molar-refractivity contribution is 0.503. The van der Waals surface area contributed by atoms with Gasteiger partial charge in [0.2, 0.25) is 0 Å². The highest BCUT2D eigenvalue weighted by atomic mass is 35.5. The van der Waals surface area contributed by atoms with Crippen LogP contribution in [0.15, 0.2) is 24.3 Å². The van der Waals surface area contributed by atoms with E-state index in [2.05, 4.69) is 15.1 Å². The SMILES string of the molecule is Cc1[nH]nc(N2CCCC(N)C2)c1-c1ccc(Cl)cc1. The van der Waals surface area contributed by atoms with Gasteiger partial charge in [0.05, 0.1) is 0 Å². The van der Waals surface area contributed by atoms with E-state index in [4.69, 9.17) is 17.3 Å². The van der Waals surface area contributed by atoms with Crippen molar-refractivity contribution < 1.29 is 0 Å². The molecule has 2 heterocycles. The number of nitrogens with two attached hydrogens (primary N) is 1. The maximum atomic E-state index is 6.08. The molecule has 1 aliphatic heterocycles. The number of nitrogens with one attached hydrogen (secondary N) is 1. The minimum absolute atomic E-state index is 0.235. The Hall–Kier alpha value is -1.52. The number of piperidine rings is 1. The number of aromatic amines is 1. The Balaban J connectivity index is 1.98. The summed E-state index contributed by atoms with van der Waals surface area (Å²) in [5.74, 6) is 1.000. The van der Waals surface area contributed by atoms with E-state index in [0.717, 1.165) is 53.6 Å². The fourth-order valence-corrected chi connectivity index (χ4v) is 2.94. The molecular weight excluding hydrogens is 272 g/mol. The second-order valence-electron chi connectivity index (χ2n) is 5.40. The van der Waals surface area contributed by atoms with Crippen molar-refractivity contribution in [2.75, 3.05) is 18.0 Å². The Morgan fingerprint density at radius 3 is 2.80 bits per heavy atom. The molecule has 1 aromatic heterocycles. The summed E-state index contributed by atoms with van der Waals surface area (Å²) < 4.78 is 0. The van der Waals surface area contributed by atoms with Crippen molar-refractivity contribution in [1.82, 2.24) is 10.2 Å². The molecule has 4 nitrogen and oxygen atoms in total. The summed E-state index contributed by atoms with van der Waals surface area (Å²) >= 11 is 5.97. The Morgan fingerprint density at radius 2 is 2.10 bits per heavy atom. The fraction of sp³-hybridized carbons (Fsp3) is 0.400. The van der Waals surface area contributed by atoms with Gasteiger partial charge in [-0.25, -0.2) is 0 Å². The molecule has 1 aliphatic rings. The molecule has 1 fully saturated rings. The lowest BCUT2D eigenvalue weighted by atomic mass is 10.0. The molecular formula is C15H19ClN4. The Morgan fingerprint density at radius 1 is 1.35 bits per heavy atom. The first-order chi connectivity index (χ1) is 9.65. The van der Waals surface area contributed by atoms with Gasteiger partial charge in [0.25, 0.3) is 0 Å². The van der Waals surface area contributed by atoms with E-state index < -0.39 is 0 Å². The predicted octanol–water partition coefficient (Wildman–Crippen LogP) is 2.97. The van der Waals surface area contributed by atoms with Crippen LogP contribution in [0.5, 0.6) is 0 Å². The normalized spacial score (nSPS) is 19.4. The molecule has 0 aliphatic carbocycles. The number of halogens is 1. The summed E-state index contributed by atoms with van der Waals surface area (Å²) in [4.78, 5) is 2.28. The van der Waals surface area contributed by atoms with Crippen molar-refractivity contribution >= 4 is 17.4 Å². The smallest absolute Gasteiger partial charge is 0.158 e. The van der Waals surface area contributed by atoms with Crippen molar-refractivity contribution in [1.29, 1.82) is 0 Å². The number of anilines is 1. The van der Waals surface area contributed by atoms with Gasteiger partial charge < -0.3 is 10.6 Å². The summed E-state index contributed by atoms with van der Waals surface area (Å²) in [6.45, 7) is 3.92. The highest BCUT2D eigenvalue weighted by molar-refractivity contribution is 6.30. The van der Waals surface area contributed by atoms with Crippen molar-refractivity contribution in [3.8, 4) is 11.1 Å². The fourth-order valence-electron chi connectivity index (χ4n) is 2.81. The quantitative estimate of drug-likeness (QED) is 0.894. The highest BCUT2D eigenvalue weighted by Gasteiger charge is 2.23. The van der Waals surface area contributed by atoms with Crippen molar-refractivity contribution in [2.45, 2.75) is 25.8 Å². The van der Waals surface area contributed by atoms with E-state index in [-0.39, 0.29) is 6.04 Å². The zero-order valence-corrected chi connectivity index (χ0v) is 12.3. The first kappa shape index (κ1) is 13.5. The minimum Gasteiger partial charge on any atom is -0.353 e. The van der Waals surface area contributed by atoms with Crippen molar-refractivity contribution in [3.05, 3.63) is 35.0 Å². The van der Waals surface area contributed by atoms with E-state index in [1.807, 2.05) is 31.2 Å². The van der Waals surface area contributed by atoms with Gasteiger partial charge in [-0.1, -0.05) is 23.7 Å². The summed E-state index contributed by atoms with van der Waals surface area (Å²) in [6, 6.07) is 8.13. The molecule has 20 heavy (non-hydrogen) atoms. The van der Waals surface area contributed by atoms with Crippen LogP contribution in [0.1, 0.15) is 18.5 Å². The van der Waals surface area contributed by atoms with Crippen LogP contribution in [0, 0.1) is 6.92 Å². The Bertz CT molecular complexity index is 590. The van der Waals surface area contributed by atoms with Gasteiger partial charge in [-0.2, -0.15) is 5.10 Å². The molecule has 0 spiro atoms. The molecule has 0 amide bonds. The summed E-state index contributed by atoms with van der Waals surface area (Å²) in [7, 11) is 0. The number of H-pyrrole nitrogens is 1. The number of benzene rings is 1. The van der Waals surface area contributed by atoms with Crippen LogP contribution in [-0.4, -0.2) is 29.3 Å². The van der Waals surface area contributed by atoms with E-state index >= 15 is 0 Å². The third kappa shape index (κ3) is 2.53. The summed E-state index contributed by atoms with van der Waals surface area (Å²) in [6.07, 6.45) is 2.21. The Kier molecular flexibility index (Phi) is 3.68. The molecule has 3 N–H and O–H groups in total. The largest absolute Gasteiger partial charge is 0.353 e. The zero-order chi connectivity index (χ0) is 14.1. The molecule has 106 valence electrons. The van der Waals surface area contributed by atoms with E-state index in [1.165, 1.54) is 0 Å². The average Bonchev–Trinajstić information content (AvgIpc) is 2.82. The standard InChI is InChI=1S/C15H19ClN4/c1-10-14(11-4-6-12(16)7-5-11)15(19-18-10)20-8-2-3-13(17)9-20/h4-7,13H,2-3,8-9,17H2,1H3,(H,18,19). The van der Waals surface area contributed by atoms with Crippen LogP contribution in [0.4, 0.5) is 5.82 Å². The molecule has 2 aromatic rings. The van der Waals surface area contributed by atoms with Crippen LogP contribution < -0.4 is 10.6 Å². The minimum atomic E-state index is 0.235. The van der Waals surface area contributed by atoms with Crippen molar-refractivity contribution in [3.63, 3.8) is 0 Å². The maximum Gasteiger partial charge on any atom is 0.158 e. The molecule has 5 heteroatoms. The number of aromatic nitrogens is 2. The van der Waals surface area contributed by atoms with Crippen LogP contribution in [0.25, 0.3) is 11.1 Å². The third-order valence-electron chi connectivity index (χ3n) is 3.82. The van der Waals surface area contributed by atoms with E-state index in [1.54, 1.807) is 0 Å². The van der Waals surface area contributed by atoms with E-state index in [9.17, 15) is 0 Å². The van der Waals surface area contributed by atoms with E-state index in [0.29, 0.717) is 0 Å². The summed E-state index contributed by atoms with van der Waals surface area (Å²) in [5, 5.41) is 8.33. The van der Waals surface area contributed by atoms with Gasteiger partial charge in [-0.05, 0) is 37.5 Å². The molecule has 0 radical (unpaired) electrons. The van der Waals surface area contributed by atoms with Gasteiger partial charge in [0.15, 0.2) is 5.82 Å². The second-order valence-corrected chi connectivity index (χ2v) is 5.84.